The third-order valence-electron chi connectivity index (χ3n) is 5.84. The van der Waals surface area contributed by atoms with E-state index < -0.39 is 0 Å². The number of anilines is 1. The molecule has 3 atom stereocenters. The molecule has 28 heavy (non-hydrogen) atoms. The zero-order chi connectivity index (χ0) is 19.5. The highest BCUT2D eigenvalue weighted by Gasteiger charge is 2.41. The van der Waals surface area contributed by atoms with E-state index in [0.717, 1.165) is 37.6 Å². The van der Waals surface area contributed by atoms with Gasteiger partial charge in [0, 0.05) is 49.9 Å². The van der Waals surface area contributed by atoms with Gasteiger partial charge in [0.2, 0.25) is 0 Å². The van der Waals surface area contributed by atoms with Gasteiger partial charge in [0.05, 0.1) is 18.2 Å². The van der Waals surface area contributed by atoms with Crippen molar-refractivity contribution in [1.29, 1.82) is 5.26 Å². The Labute approximate surface area is 167 Å². The van der Waals surface area contributed by atoms with Crippen molar-refractivity contribution in [2.24, 2.45) is 0 Å². The summed E-state index contributed by atoms with van der Waals surface area (Å²) in [5.41, 5.74) is 1.90. The number of nitrogens with zero attached hydrogens (tertiary/aromatic N) is 3. The van der Waals surface area contributed by atoms with Crippen molar-refractivity contribution in [3.05, 3.63) is 54.1 Å². The molecule has 5 nitrogen and oxygen atoms in total. The van der Waals surface area contributed by atoms with Crippen LogP contribution in [0.1, 0.15) is 25.8 Å². The maximum absolute atomic E-state index is 9.02. The van der Waals surface area contributed by atoms with Crippen LogP contribution in [0.4, 0.5) is 5.69 Å². The SMILES string of the molecule is CCOc1cccc(O[C@H]2C[C@H]3C(C)N(c4ccc(C#N)cc4)CCN3C2)c1. The van der Waals surface area contributed by atoms with Crippen LogP contribution in [0.25, 0.3) is 0 Å². The molecule has 0 amide bonds. The first-order valence-corrected chi connectivity index (χ1v) is 10.1. The summed E-state index contributed by atoms with van der Waals surface area (Å²) in [4.78, 5) is 5.02. The van der Waals surface area contributed by atoms with Crippen molar-refractivity contribution >= 4 is 5.69 Å². The third kappa shape index (κ3) is 3.79. The van der Waals surface area contributed by atoms with Gasteiger partial charge in [0.15, 0.2) is 0 Å². The molecule has 2 aromatic carbocycles. The predicted molar refractivity (Wildman–Crippen MR) is 110 cm³/mol. The van der Waals surface area contributed by atoms with Crippen molar-refractivity contribution < 1.29 is 9.47 Å². The van der Waals surface area contributed by atoms with Crippen LogP contribution in [0.5, 0.6) is 11.5 Å². The van der Waals surface area contributed by atoms with Gasteiger partial charge < -0.3 is 14.4 Å². The second-order valence-electron chi connectivity index (χ2n) is 7.54. The molecule has 1 unspecified atom stereocenters. The number of piperazine rings is 1. The van der Waals surface area contributed by atoms with Gasteiger partial charge in [0.1, 0.15) is 17.6 Å². The topological polar surface area (TPSA) is 48.7 Å². The number of fused-ring (bicyclic) bond motifs is 1. The highest BCUT2D eigenvalue weighted by molar-refractivity contribution is 5.51. The lowest BCUT2D eigenvalue weighted by molar-refractivity contribution is 0.179. The smallest absolute Gasteiger partial charge is 0.123 e. The molecule has 2 saturated heterocycles. The number of ether oxygens (including phenoxy) is 2. The van der Waals surface area contributed by atoms with E-state index in [-0.39, 0.29) is 6.10 Å². The molecule has 0 aliphatic carbocycles. The Hall–Kier alpha value is -2.71. The fourth-order valence-corrected chi connectivity index (χ4v) is 4.47. The maximum Gasteiger partial charge on any atom is 0.123 e. The van der Waals surface area contributed by atoms with Crippen molar-refractivity contribution in [3.8, 4) is 17.6 Å². The summed E-state index contributed by atoms with van der Waals surface area (Å²) < 4.78 is 11.9. The number of rotatable bonds is 5. The van der Waals surface area contributed by atoms with Crippen LogP contribution in [-0.2, 0) is 0 Å². The molecule has 4 rings (SSSR count). The molecule has 2 aromatic rings. The quantitative estimate of drug-likeness (QED) is 0.795. The summed E-state index contributed by atoms with van der Waals surface area (Å²) in [6, 6.07) is 18.9. The molecular formula is C23H27N3O2. The molecule has 0 bridgehead atoms. The fraction of sp³-hybridized carbons (Fsp3) is 0.435. The Kier molecular flexibility index (Phi) is 5.40. The Morgan fingerprint density at radius 1 is 1.11 bits per heavy atom. The van der Waals surface area contributed by atoms with Crippen molar-refractivity contribution in [1.82, 2.24) is 4.90 Å². The van der Waals surface area contributed by atoms with Gasteiger partial charge in [-0.25, -0.2) is 0 Å². The molecule has 2 heterocycles. The number of hydrogen-bond donors (Lipinski definition) is 0. The second-order valence-corrected chi connectivity index (χ2v) is 7.54. The van der Waals surface area contributed by atoms with Crippen LogP contribution in [-0.4, -0.2) is 49.3 Å². The minimum absolute atomic E-state index is 0.199. The summed E-state index contributed by atoms with van der Waals surface area (Å²) in [7, 11) is 0. The molecule has 0 spiro atoms. The van der Waals surface area contributed by atoms with Crippen LogP contribution in [0.15, 0.2) is 48.5 Å². The van der Waals surface area contributed by atoms with Crippen LogP contribution in [0, 0.1) is 11.3 Å². The Morgan fingerprint density at radius 2 is 1.89 bits per heavy atom. The van der Waals surface area contributed by atoms with E-state index in [2.05, 4.69) is 34.9 Å². The van der Waals surface area contributed by atoms with E-state index in [4.69, 9.17) is 14.7 Å². The largest absolute Gasteiger partial charge is 0.494 e. The summed E-state index contributed by atoms with van der Waals surface area (Å²) in [6.45, 7) is 7.95. The number of nitriles is 1. The molecular weight excluding hydrogens is 350 g/mol. The first-order chi connectivity index (χ1) is 13.7. The Balaban J connectivity index is 1.42. The molecule has 0 aromatic heterocycles. The van der Waals surface area contributed by atoms with Crippen LogP contribution >= 0.6 is 0 Å². The normalized spacial score (nSPS) is 24.5. The molecule has 0 radical (unpaired) electrons. The lowest BCUT2D eigenvalue weighted by atomic mass is 10.0. The van der Waals surface area contributed by atoms with Gasteiger partial charge in [-0.15, -0.1) is 0 Å². The Morgan fingerprint density at radius 3 is 2.64 bits per heavy atom. The van der Waals surface area contributed by atoms with Crippen LogP contribution in [0.3, 0.4) is 0 Å². The van der Waals surface area contributed by atoms with E-state index in [1.807, 2.05) is 43.3 Å². The third-order valence-corrected chi connectivity index (χ3v) is 5.84. The van der Waals surface area contributed by atoms with Gasteiger partial charge in [-0.05, 0) is 50.2 Å². The van der Waals surface area contributed by atoms with E-state index in [0.29, 0.717) is 24.3 Å². The lowest BCUT2D eigenvalue weighted by Gasteiger charge is -2.44. The number of hydrogen-bond acceptors (Lipinski definition) is 5. The first kappa shape index (κ1) is 18.6. The van der Waals surface area contributed by atoms with Crippen molar-refractivity contribution in [2.75, 3.05) is 31.1 Å². The molecule has 5 heteroatoms. The van der Waals surface area contributed by atoms with Crippen molar-refractivity contribution in [3.63, 3.8) is 0 Å². The van der Waals surface area contributed by atoms with E-state index >= 15 is 0 Å². The molecule has 2 fully saturated rings. The lowest BCUT2D eigenvalue weighted by Crippen LogP contribution is -2.56. The van der Waals surface area contributed by atoms with E-state index in [1.165, 1.54) is 5.69 Å². The number of benzene rings is 2. The monoisotopic (exact) mass is 377 g/mol. The molecule has 0 N–H and O–H groups in total. The van der Waals surface area contributed by atoms with Gasteiger partial charge in [-0.2, -0.15) is 5.26 Å². The van der Waals surface area contributed by atoms with Gasteiger partial charge in [-0.1, -0.05) is 6.07 Å². The predicted octanol–water partition coefficient (Wildman–Crippen LogP) is 3.69. The first-order valence-electron chi connectivity index (χ1n) is 10.1. The average molecular weight is 377 g/mol. The summed E-state index contributed by atoms with van der Waals surface area (Å²) in [5, 5.41) is 9.02. The minimum Gasteiger partial charge on any atom is -0.494 e. The highest BCUT2D eigenvalue weighted by Crippen LogP contribution is 2.33. The average Bonchev–Trinajstić information content (AvgIpc) is 3.12. The zero-order valence-corrected chi connectivity index (χ0v) is 16.5. The molecule has 2 aliphatic rings. The second kappa shape index (κ2) is 8.12. The van der Waals surface area contributed by atoms with E-state index in [9.17, 15) is 0 Å². The maximum atomic E-state index is 9.02. The Bertz CT molecular complexity index is 846. The standard InChI is InChI=1S/C23H27N3O2/c1-3-27-20-5-4-6-21(13-20)28-22-14-23-17(2)26(12-11-25(23)16-22)19-9-7-18(15-24)8-10-19/h4-10,13,17,22-23H,3,11-12,14,16H2,1-2H3/t17?,22-,23-/m0/s1. The van der Waals surface area contributed by atoms with Crippen LogP contribution < -0.4 is 14.4 Å². The van der Waals surface area contributed by atoms with Gasteiger partial charge in [0.25, 0.3) is 0 Å². The molecule has 2 aliphatic heterocycles. The van der Waals surface area contributed by atoms with Gasteiger partial charge in [-0.3, -0.25) is 4.90 Å². The molecule has 0 saturated carbocycles. The summed E-state index contributed by atoms with van der Waals surface area (Å²) in [5.74, 6) is 1.74. The minimum atomic E-state index is 0.199. The fourth-order valence-electron chi connectivity index (χ4n) is 4.47. The summed E-state index contributed by atoms with van der Waals surface area (Å²) in [6.07, 6.45) is 1.22. The van der Waals surface area contributed by atoms with Gasteiger partial charge >= 0.3 is 0 Å². The molecule has 146 valence electrons. The van der Waals surface area contributed by atoms with Crippen molar-refractivity contribution in [2.45, 2.75) is 38.5 Å². The van der Waals surface area contributed by atoms with E-state index in [1.54, 1.807) is 0 Å². The van der Waals surface area contributed by atoms with Crippen LogP contribution in [0.2, 0.25) is 0 Å². The highest BCUT2D eigenvalue weighted by atomic mass is 16.5. The summed E-state index contributed by atoms with van der Waals surface area (Å²) >= 11 is 0. The zero-order valence-electron chi connectivity index (χ0n) is 16.5.